The Morgan fingerprint density at radius 3 is 2.47 bits per heavy atom. The lowest BCUT2D eigenvalue weighted by Crippen LogP contribution is -2.74. The van der Waals surface area contributed by atoms with Gasteiger partial charge in [0.2, 0.25) is 5.91 Å². The first-order chi connectivity index (χ1) is 16.0. The Bertz CT molecular complexity index is 1120. The fourth-order valence-electron chi connectivity index (χ4n) is 5.88. The highest BCUT2D eigenvalue weighted by Gasteiger charge is 2.68. The van der Waals surface area contributed by atoms with Crippen LogP contribution in [0.3, 0.4) is 0 Å². The number of hydrogen-bond donors (Lipinski definition) is 5. The van der Waals surface area contributed by atoms with E-state index in [0.717, 1.165) is 0 Å². The lowest BCUT2D eigenvalue weighted by molar-refractivity contribution is -0.178. The predicted octanol–water partition coefficient (Wildman–Crippen LogP) is -2.05. The van der Waals surface area contributed by atoms with E-state index in [1.807, 2.05) is 0 Å². The molecule has 6 atom stereocenters. The van der Waals surface area contributed by atoms with Crippen LogP contribution in [0.4, 0.5) is 5.69 Å². The highest BCUT2D eigenvalue weighted by molar-refractivity contribution is 6.32. The van der Waals surface area contributed by atoms with Crippen molar-refractivity contribution in [3.8, 4) is 5.75 Å². The van der Waals surface area contributed by atoms with Crippen LogP contribution in [-0.2, 0) is 25.6 Å². The highest BCUT2D eigenvalue weighted by atomic mass is 16.3. The number of ketones is 4. The Hall–Kier alpha value is -3.15. The molecule has 2 unspecified atom stereocenters. The molecule has 0 saturated heterocycles. The van der Waals surface area contributed by atoms with Crippen LogP contribution in [0.25, 0.3) is 0 Å². The van der Waals surface area contributed by atoms with Gasteiger partial charge in [-0.1, -0.05) is 0 Å². The largest absolute Gasteiger partial charge is 0.507 e. The smallest absolute Gasteiger partial charge is 0.235 e. The van der Waals surface area contributed by atoms with Gasteiger partial charge in [-0.3, -0.25) is 24.0 Å². The molecule has 4 rings (SSSR count). The SMILES string of the molecule is CN(C)c1ccc(O)c2c1C[C@H]1C[C@H]3[C@@H](NCCO)C(=O)C(C(N)=O)C(=O)[C@@]3(O)C(=O)C1C2=O. The molecule has 3 aliphatic rings. The minimum absolute atomic E-state index is 0.0383. The second-order valence-corrected chi connectivity index (χ2v) is 9.39. The van der Waals surface area contributed by atoms with E-state index < -0.39 is 64.4 Å². The van der Waals surface area contributed by atoms with Crippen LogP contribution < -0.4 is 16.0 Å². The molecule has 3 aliphatic carbocycles. The van der Waals surface area contributed by atoms with E-state index in [1.165, 1.54) is 6.07 Å². The normalized spacial score (nSPS) is 32.6. The number of hydrogen-bond acceptors (Lipinski definition) is 10. The van der Waals surface area contributed by atoms with Crippen LogP contribution >= 0.6 is 0 Å². The number of aliphatic hydroxyl groups is 2. The molecule has 0 aliphatic heterocycles. The van der Waals surface area contributed by atoms with E-state index in [9.17, 15) is 39.3 Å². The van der Waals surface area contributed by atoms with Gasteiger partial charge in [-0.05, 0) is 36.5 Å². The minimum atomic E-state index is -2.79. The van der Waals surface area contributed by atoms with Crippen molar-refractivity contribution >= 4 is 34.7 Å². The van der Waals surface area contributed by atoms with Gasteiger partial charge in [-0.15, -0.1) is 0 Å². The van der Waals surface area contributed by atoms with Crippen LogP contribution in [-0.4, -0.2) is 83.2 Å². The van der Waals surface area contributed by atoms with Crippen LogP contribution in [0, 0.1) is 23.7 Å². The summed E-state index contributed by atoms with van der Waals surface area (Å²) in [5.41, 5.74) is 3.65. The van der Waals surface area contributed by atoms with Crippen molar-refractivity contribution in [1.29, 1.82) is 0 Å². The first-order valence-electron chi connectivity index (χ1n) is 11.0. The monoisotopic (exact) mass is 473 g/mol. The second-order valence-electron chi connectivity index (χ2n) is 9.39. The molecule has 0 radical (unpaired) electrons. The van der Waals surface area contributed by atoms with Gasteiger partial charge in [0.1, 0.15) is 5.75 Å². The average Bonchev–Trinajstić information content (AvgIpc) is 2.75. The van der Waals surface area contributed by atoms with Gasteiger partial charge in [-0.25, -0.2) is 0 Å². The zero-order chi connectivity index (χ0) is 25.1. The Balaban J connectivity index is 1.85. The number of anilines is 1. The van der Waals surface area contributed by atoms with Gasteiger partial charge in [0.25, 0.3) is 0 Å². The average molecular weight is 473 g/mol. The van der Waals surface area contributed by atoms with E-state index in [-0.39, 0.29) is 37.3 Å². The quantitative estimate of drug-likeness (QED) is 0.298. The van der Waals surface area contributed by atoms with Crippen LogP contribution in [0.15, 0.2) is 12.1 Å². The molecule has 11 heteroatoms. The molecular weight excluding hydrogens is 446 g/mol. The Kier molecular flexibility index (Phi) is 5.83. The van der Waals surface area contributed by atoms with Crippen molar-refractivity contribution in [3.63, 3.8) is 0 Å². The minimum Gasteiger partial charge on any atom is -0.507 e. The topological polar surface area (TPSA) is 187 Å². The molecule has 1 aromatic rings. The number of aliphatic hydroxyl groups excluding tert-OH is 1. The van der Waals surface area contributed by atoms with Crippen molar-refractivity contribution in [2.75, 3.05) is 32.1 Å². The molecule has 0 heterocycles. The van der Waals surface area contributed by atoms with Gasteiger partial charge in [0, 0.05) is 32.2 Å². The second kappa shape index (κ2) is 8.26. The number of phenols is 1. The maximum Gasteiger partial charge on any atom is 0.235 e. The fraction of sp³-hybridized carbons (Fsp3) is 0.522. The van der Waals surface area contributed by atoms with Gasteiger partial charge in [0.05, 0.1) is 24.1 Å². The summed E-state index contributed by atoms with van der Waals surface area (Å²) < 4.78 is 0. The number of phenolic OH excluding ortho intramolecular Hbond substituents is 1. The number of carbonyl (C=O) groups excluding carboxylic acids is 5. The summed E-state index contributed by atoms with van der Waals surface area (Å²) in [6.45, 7) is -0.465. The summed E-state index contributed by atoms with van der Waals surface area (Å²) in [7, 11) is 3.54. The molecule has 182 valence electrons. The number of nitrogens with two attached hydrogens (primary N) is 1. The Morgan fingerprint density at radius 2 is 1.88 bits per heavy atom. The number of aromatic hydroxyl groups is 1. The fourth-order valence-corrected chi connectivity index (χ4v) is 5.88. The highest BCUT2D eigenvalue weighted by Crippen LogP contribution is 2.51. The number of Topliss-reactive ketones (excluding diaryl/α,β-unsaturated/α-hetero) is 4. The molecule has 1 aromatic carbocycles. The van der Waals surface area contributed by atoms with E-state index in [2.05, 4.69) is 5.32 Å². The number of fused-ring (bicyclic) bond motifs is 3. The molecule has 0 aromatic heterocycles. The Morgan fingerprint density at radius 1 is 1.21 bits per heavy atom. The molecular formula is C23H27N3O8. The summed E-state index contributed by atoms with van der Waals surface area (Å²) in [4.78, 5) is 67.0. The molecule has 0 spiro atoms. The van der Waals surface area contributed by atoms with Gasteiger partial charge >= 0.3 is 0 Å². The van der Waals surface area contributed by atoms with Crippen molar-refractivity contribution < 1.29 is 39.3 Å². The number of carbonyl (C=O) groups is 5. The molecule has 11 nitrogen and oxygen atoms in total. The number of nitrogens with one attached hydrogen (secondary N) is 1. The number of benzene rings is 1. The number of nitrogens with zero attached hydrogens (tertiary/aromatic N) is 1. The summed E-state index contributed by atoms with van der Waals surface area (Å²) in [5, 5.41) is 33.9. The summed E-state index contributed by atoms with van der Waals surface area (Å²) >= 11 is 0. The third-order valence-electron chi connectivity index (χ3n) is 7.36. The molecule has 6 N–H and O–H groups in total. The first-order valence-corrected chi connectivity index (χ1v) is 11.0. The van der Waals surface area contributed by atoms with Gasteiger partial charge in [-0.2, -0.15) is 0 Å². The van der Waals surface area contributed by atoms with Crippen LogP contribution in [0.2, 0.25) is 0 Å². The molecule has 2 fully saturated rings. The summed E-state index contributed by atoms with van der Waals surface area (Å²) in [6, 6.07) is 1.70. The molecule has 2 saturated carbocycles. The van der Waals surface area contributed by atoms with E-state index in [1.54, 1.807) is 25.1 Å². The zero-order valence-corrected chi connectivity index (χ0v) is 18.8. The first kappa shape index (κ1) is 24.0. The van der Waals surface area contributed by atoms with Crippen molar-refractivity contribution in [2.24, 2.45) is 29.4 Å². The maximum atomic E-state index is 13.6. The Labute approximate surface area is 194 Å². The van der Waals surface area contributed by atoms with Crippen LogP contribution in [0.1, 0.15) is 22.3 Å². The number of rotatable bonds is 5. The summed E-state index contributed by atoms with van der Waals surface area (Å²) in [5.74, 6) is -11.0. The maximum absolute atomic E-state index is 13.6. The lowest BCUT2D eigenvalue weighted by atomic mass is 9.52. The van der Waals surface area contributed by atoms with Gasteiger partial charge in [0.15, 0.2) is 34.7 Å². The van der Waals surface area contributed by atoms with E-state index in [4.69, 9.17) is 5.73 Å². The standard InChI is InChI=1S/C23H27N3O8/c1-26(2)12-3-4-13(28)15-10(12)7-9-8-11-17(25-5-6-27)19(30)16(22(24)33)21(32)23(11,34)20(31)14(9)18(15)29/h3-4,9,11,14,16-17,25,27-28,34H,5-8H2,1-2H3,(H2,24,33)/t9-,11-,14?,16?,17+,23-/m0/s1. The third-order valence-corrected chi connectivity index (χ3v) is 7.36. The third kappa shape index (κ3) is 3.18. The van der Waals surface area contributed by atoms with Crippen molar-refractivity contribution in [2.45, 2.75) is 24.5 Å². The lowest BCUT2D eigenvalue weighted by Gasteiger charge is -2.51. The van der Waals surface area contributed by atoms with E-state index in [0.29, 0.717) is 11.3 Å². The van der Waals surface area contributed by atoms with E-state index >= 15 is 0 Å². The van der Waals surface area contributed by atoms with Crippen molar-refractivity contribution in [3.05, 3.63) is 23.3 Å². The zero-order valence-electron chi connectivity index (χ0n) is 18.8. The predicted molar refractivity (Wildman–Crippen MR) is 117 cm³/mol. The molecule has 0 bridgehead atoms. The molecule has 1 amide bonds. The number of amides is 1. The number of primary amides is 1. The van der Waals surface area contributed by atoms with Crippen LogP contribution in [0.5, 0.6) is 5.75 Å². The molecule has 34 heavy (non-hydrogen) atoms. The van der Waals surface area contributed by atoms with Gasteiger partial charge < -0.3 is 31.3 Å². The summed E-state index contributed by atoms with van der Waals surface area (Å²) in [6.07, 6.45) is 0.146. The van der Waals surface area contributed by atoms with Crippen molar-refractivity contribution in [1.82, 2.24) is 5.32 Å².